The molecule has 7 heteroatoms. The first-order valence-corrected chi connectivity index (χ1v) is 6.03. The summed E-state index contributed by atoms with van der Waals surface area (Å²) < 4.78 is 5.55. The molecule has 0 radical (unpaired) electrons. The molecular weight excluding hydrogens is 282 g/mol. The summed E-state index contributed by atoms with van der Waals surface area (Å²) >= 11 is 6.01. The SMILES string of the molecule is Nc1ccc([N+](=O)[O-])cc1-c1nc2cccc(Cl)c2o1. The second-order valence-corrected chi connectivity index (χ2v) is 4.54. The number of anilines is 1. The second kappa shape index (κ2) is 4.50. The van der Waals surface area contributed by atoms with Crippen LogP contribution in [0.2, 0.25) is 5.02 Å². The summed E-state index contributed by atoms with van der Waals surface area (Å²) in [7, 11) is 0. The number of nitrogen functional groups attached to an aromatic ring is 1. The monoisotopic (exact) mass is 289 g/mol. The van der Waals surface area contributed by atoms with Crippen molar-refractivity contribution in [3.05, 3.63) is 51.5 Å². The van der Waals surface area contributed by atoms with E-state index in [0.717, 1.165) is 0 Å². The molecule has 3 aromatic rings. The number of para-hydroxylation sites is 1. The van der Waals surface area contributed by atoms with Crippen molar-refractivity contribution in [1.82, 2.24) is 4.98 Å². The molecular formula is C13H8ClN3O3. The molecule has 0 fully saturated rings. The van der Waals surface area contributed by atoms with Crippen LogP contribution in [-0.2, 0) is 0 Å². The number of oxazole rings is 1. The molecule has 1 heterocycles. The first-order valence-electron chi connectivity index (χ1n) is 5.65. The second-order valence-electron chi connectivity index (χ2n) is 4.14. The zero-order valence-corrected chi connectivity index (χ0v) is 10.8. The Kier molecular flexibility index (Phi) is 2.80. The lowest BCUT2D eigenvalue weighted by atomic mass is 10.1. The van der Waals surface area contributed by atoms with Gasteiger partial charge >= 0.3 is 0 Å². The van der Waals surface area contributed by atoms with Gasteiger partial charge in [0.25, 0.3) is 5.69 Å². The molecule has 0 amide bonds. The van der Waals surface area contributed by atoms with Crippen molar-refractivity contribution in [2.24, 2.45) is 0 Å². The molecule has 2 aromatic carbocycles. The number of nitrogens with two attached hydrogens (primary N) is 1. The molecule has 20 heavy (non-hydrogen) atoms. The fourth-order valence-electron chi connectivity index (χ4n) is 1.87. The van der Waals surface area contributed by atoms with E-state index < -0.39 is 4.92 Å². The summed E-state index contributed by atoms with van der Waals surface area (Å²) in [6.07, 6.45) is 0. The fraction of sp³-hybridized carbons (Fsp3) is 0. The number of halogens is 1. The zero-order valence-electron chi connectivity index (χ0n) is 10.0. The Balaban J connectivity index is 2.22. The summed E-state index contributed by atoms with van der Waals surface area (Å²) in [5.74, 6) is 0.203. The number of rotatable bonds is 2. The third-order valence-electron chi connectivity index (χ3n) is 2.85. The summed E-state index contributed by atoms with van der Waals surface area (Å²) in [5, 5.41) is 11.2. The highest BCUT2D eigenvalue weighted by Gasteiger charge is 2.16. The fourth-order valence-corrected chi connectivity index (χ4v) is 2.08. The number of non-ortho nitro benzene ring substituents is 1. The van der Waals surface area contributed by atoms with E-state index in [0.29, 0.717) is 27.4 Å². The Morgan fingerprint density at radius 1 is 1.30 bits per heavy atom. The van der Waals surface area contributed by atoms with E-state index in [9.17, 15) is 10.1 Å². The van der Waals surface area contributed by atoms with Crippen LogP contribution in [0.15, 0.2) is 40.8 Å². The summed E-state index contributed by atoms with van der Waals surface area (Å²) in [4.78, 5) is 14.6. The van der Waals surface area contributed by atoms with Gasteiger partial charge in [-0.05, 0) is 18.2 Å². The van der Waals surface area contributed by atoms with E-state index >= 15 is 0 Å². The number of nitro benzene ring substituents is 1. The highest BCUT2D eigenvalue weighted by atomic mass is 35.5. The lowest BCUT2D eigenvalue weighted by Crippen LogP contribution is -1.93. The molecule has 2 N–H and O–H groups in total. The Morgan fingerprint density at radius 2 is 2.10 bits per heavy atom. The first kappa shape index (κ1) is 12.4. The Hall–Kier alpha value is -2.60. The molecule has 0 atom stereocenters. The quantitative estimate of drug-likeness (QED) is 0.441. The molecule has 3 rings (SSSR count). The van der Waals surface area contributed by atoms with Crippen molar-refractivity contribution >= 4 is 34.1 Å². The van der Waals surface area contributed by atoms with Crippen LogP contribution in [0.1, 0.15) is 0 Å². The molecule has 0 aliphatic rings. The number of fused-ring (bicyclic) bond motifs is 1. The number of aromatic nitrogens is 1. The topological polar surface area (TPSA) is 95.2 Å². The average molecular weight is 290 g/mol. The van der Waals surface area contributed by atoms with Crippen LogP contribution in [0.25, 0.3) is 22.6 Å². The lowest BCUT2D eigenvalue weighted by molar-refractivity contribution is -0.384. The zero-order chi connectivity index (χ0) is 14.3. The van der Waals surface area contributed by atoms with Gasteiger partial charge in [-0.3, -0.25) is 10.1 Å². The number of hydrogen-bond acceptors (Lipinski definition) is 5. The largest absolute Gasteiger partial charge is 0.434 e. The molecule has 0 spiro atoms. The van der Waals surface area contributed by atoms with Gasteiger partial charge in [-0.15, -0.1) is 0 Å². The van der Waals surface area contributed by atoms with Gasteiger partial charge in [0.05, 0.1) is 15.5 Å². The Bertz CT molecular complexity index is 829. The number of nitro groups is 1. The van der Waals surface area contributed by atoms with E-state index in [1.807, 2.05) is 0 Å². The molecule has 1 aromatic heterocycles. The third-order valence-corrected chi connectivity index (χ3v) is 3.14. The molecule has 0 saturated carbocycles. The van der Waals surface area contributed by atoms with Crippen LogP contribution in [0.3, 0.4) is 0 Å². The molecule has 0 bridgehead atoms. The van der Waals surface area contributed by atoms with E-state index in [4.69, 9.17) is 21.8 Å². The van der Waals surface area contributed by atoms with E-state index in [1.54, 1.807) is 18.2 Å². The van der Waals surface area contributed by atoms with Crippen molar-refractivity contribution in [2.75, 3.05) is 5.73 Å². The van der Waals surface area contributed by atoms with Gasteiger partial charge in [-0.2, -0.15) is 0 Å². The number of nitrogens with zero attached hydrogens (tertiary/aromatic N) is 2. The van der Waals surface area contributed by atoms with Crippen LogP contribution in [-0.4, -0.2) is 9.91 Å². The number of hydrogen-bond donors (Lipinski definition) is 1. The minimum atomic E-state index is -0.501. The van der Waals surface area contributed by atoms with Crippen molar-refractivity contribution in [2.45, 2.75) is 0 Å². The predicted octanol–water partition coefficient (Wildman–Crippen LogP) is 3.64. The van der Waals surface area contributed by atoms with E-state index in [-0.39, 0.29) is 11.6 Å². The van der Waals surface area contributed by atoms with Crippen molar-refractivity contribution in [3.8, 4) is 11.5 Å². The smallest absolute Gasteiger partial charge is 0.270 e. The summed E-state index contributed by atoms with van der Waals surface area (Å²) in [6, 6.07) is 9.26. The van der Waals surface area contributed by atoms with Gasteiger partial charge in [0.15, 0.2) is 5.58 Å². The van der Waals surface area contributed by atoms with Crippen LogP contribution in [0.5, 0.6) is 0 Å². The van der Waals surface area contributed by atoms with Crippen LogP contribution >= 0.6 is 11.6 Å². The minimum absolute atomic E-state index is 0.0810. The maximum atomic E-state index is 10.8. The van der Waals surface area contributed by atoms with Gasteiger partial charge in [-0.1, -0.05) is 17.7 Å². The Labute approximate surface area is 117 Å². The van der Waals surface area contributed by atoms with E-state index in [1.165, 1.54) is 18.2 Å². The molecule has 100 valence electrons. The summed E-state index contributed by atoms with van der Waals surface area (Å²) in [5.41, 5.74) is 7.45. The normalized spacial score (nSPS) is 10.8. The first-order chi connectivity index (χ1) is 9.56. The Morgan fingerprint density at radius 3 is 2.80 bits per heavy atom. The third kappa shape index (κ3) is 1.96. The minimum Gasteiger partial charge on any atom is -0.434 e. The van der Waals surface area contributed by atoms with Crippen LogP contribution in [0.4, 0.5) is 11.4 Å². The lowest BCUT2D eigenvalue weighted by Gasteiger charge is -2.00. The van der Waals surface area contributed by atoms with Gasteiger partial charge in [0.1, 0.15) is 5.52 Å². The maximum Gasteiger partial charge on any atom is 0.270 e. The summed E-state index contributed by atoms with van der Waals surface area (Å²) in [6.45, 7) is 0. The molecule has 0 aliphatic heterocycles. The molecule has 0 unspecified atom stereocenters. The van der Waals surface area contributed by atoms with Gasteiger partial charge in [-0.25, -0.2) is 4.98 Å². The van der Waals surface area contributed by atoms with Crippen LogP contribution in [0, 0.1) is 10.1 Å². The van der Waals surface area contributed by atoms with Crippen LogP contribution < -0.4 is 5.73 Å². The van der Waals surface area contributed by atoms with Crippen molar-refractivity contribution < 1.29 is 9.34 Å². The molecule has 6 nitrogen and oxygen atoms in total. The highest BCUT2D eigenvalue weighted by Crippen LogP contribution is 2.33. The molecule has 0 aliphatic carbocycles. The maximum absolute atomic E-state index is 10.8. The van der Waals surface area contributed by atoms with Crippen molar-refractivity contribution in [3.63, 3.8) is 0 Å². The average Bonchev–Trinajstić information content (AvgIpc) is 2.84. The number of benzene rings is 2. The highest BCUT2D eigenvalue weighted by molar-refractivity contribution is 6.34. The van der Waals surface area contributed by atoms with Gasteiger partial charge < -0.3 is 10.2 Å². The molecule has 0 saturated heterocycles. The predicted molar refractivity (Wildman–Crippen MR) is 75.5 cm³/mol. The van der Waals surface area contributed by atoms with Gasteiger partial charge in [0.2, 0.25) is 5.89 Å². The van der Waals surface area contributed by atoms with Gasteiger partial charge in [0, 0.05) is 17.8 Å². The standard InChI is InChI=1S/C13H8ClN3O3/c14-9-2-1-3-11-12(9)20-13(16-11)8-6-7(17(18)19)4-5-10(8)15/h1-6H,15H2. The van der Waals surface area contributed by atoms with Crippen molar-refractivity contribution in [1.29, 1.82) is 0 Å². The van der Waals surface area contributed by atoms with E-state index in [2.05, 4.69) is 4.98 Å².